The predicted octanol–water partition coefficient (Wildman–Crippen LogP) is 1.92. The highest BCUT2D eigenvalue weighted by Gasteiger charge is 2.20. The maximum absolute atomic E-state index is 9.67. The van der Waals surface area contributed by atoms with Gasteiger partial charge in [0.05, 0.1) is 37.8 Å². The largest absolute Gasteiger partial charge is 0.480 e. The summed E-state index contributed by atoms with van der Waals surface area (Å²) in [7, 11) is 3.05. The van der Waals surface area contributed by atoms with Gasteiger partial charge in [-0.3, -0.25) is 0 Å². The fourth-order valence-electron chi connectivity index (χ4n) is 3.34. The molecule has 0 atom stereocenters. The summed E-state index contributed by atoms with van der Waals surface area (Å²) >= 11 is 0. The van der Waals surface area contributed by atoms with E-state index in [9.17, 15) is 5.11 Å². The second-order valence-corrected chi connectivity index (χ2v) is 6.56. The molecule has 0 unspecified atom stereocenters. The predicted molar refractivity (Wildman–Crippen MR) is 99.0 cm³/mol. The van der Waals surface area contributed by atoms with E-state index in [2.05, 4.69) is 25.4 Å². The van der Waals surface area contributed by atoms with Gasteiger partial charge in [0.25, 0.3) is 0 Å². The highest BCUT2D eigenvalue weighted by molar-refractivity contribution is 5.67. The zero-order chi connectivity index (χ0) is 18.8. The van der Waals surface area contributed by atoms with Crippen LogP contribution in [-0.4, -0.2) is 56.0 Å². The van der Waals surface area contributed by atoms with Gasteiger partial charge in [-0.25, -0.2) is 14.5 Å². The first-order valence-corrected chi connectivity index (χ1v) is 8.92. The molecule has 0 saturated heterocycles. The van der Waals surface area contributed by atoms with Gasteiger partial charge in [-0.15, -0.1) is 5.10 Å². The van der Waals surface area contributed by atoms with E-state index in [1.54, 1.807) is 24.0 Å². The number of methoxy groups -OCH3 is 2. The van der Waals surface area contributed by atoms with Crippen molar-refractivity contribution in [2.75, 3.05) is 19.5 Å². The number of hydrogen-bond acceptors (Lipinski definition) is 8. The minimum Gasteiger partial charge on any atom is -0.480 e. The van der Waals surface area contributed by atoms with E-state index in [1.807, 2.05) is 12.1 Å². The van der Waals surface area contributed by atoms with Gasteiger partial charge in [0.2, 0.25) is 5.88 Å². The Hall–Kier alpha value is -2.94. The molecule has 1 fully saturated rings. The van der Waals surface area contributed by atoms with Crippen LogP contribution in [0.4, 0.5) is 5.82 Å². The molecule has 0 bridgehead atoms. The van der Waals surface area contributed by atoms with Crippen LogP contribution in [0, 0.1) is 0 Å². The third-order valence-corrected chi connectivity index (χ3v) is 4.79. The van der Waals surface area contributed by atoms with Crippen LogP contribution < -0.4 is 14.8 Å². The quantitative estimate of drug-likeness (QED) is 0.701. The average Bonchev–Trinajstić information content (AvgIpc) is 3.12. The normalized spacial score (nSPS) is 19.8. The van der Waals surface area contributed by atoms with E-state index in [1.165, 1.54) is 7.11 Å². The molecule has 1 saturated carbocycles. The molecule has 0 amide bonds. The van der Waals surface area contributed by atoms with Gasteiger partial charge >= 0.3 is 6.01 Å². The summed E-state index contributed by atoms with van der Waals surface area (Å²) in [5.41, 5.74) is 2.12. The van der Waals surface area contributed by atoms with Crippen LogP contribution >= 0.6 is 0 Å². The van der Waals surface area contributed by atoms with Crippen molar-refractivity contribution in [3.8, 4) is 23.1 Å². The van der Waals surface area contributed by atoms with Crippen molar-refractivity contribution in [2.45, 2.75) is 37.8 Å². The fourth-order valence-corrected chi connectivity index (χ4v) is 3.34. The highest BCUT2D eigenvalue weighted by Crippen LogP contribution is 2.29. The Morgan fingerprint density at radius 3 is 2.63 bits per heavy atom. The Bertz CT molecular complexity index is 936. The van der Waals surface area contributed by atoms with Gasteiger partial charge in [-0.2, -0.15) is 4.98 Å². The molecule has 142 valence electrons. The molecular weight excluding hydrogens is 348 g/mol. The molecule has 9 heteroatoms. The van der Waals surface area contributed by atoms with Gasteiger partial charge in [0, 0.05) is 12.2 Å². The van der Waals surface area contributed by atoms with Gasteiger partial charge < -0.3 is 19.9 Å². The second kappa shape index (κ2) is 7.36. The maximum Gasteiger partial charge on any atom is 0.319 e. The lowest BCUT2D eigenvalue weighted by Gasteiger charge is -2.26. The number of imidazole rings is 1. The Morgan fingerprint density at radius 2 is 1.89 bits per heavy atom. The van der Waals surface area contributed by atoms with Crippen molar-refractivity contribution in [2.24, 2.45) is 0 Å². The van der Waals surface area contributed by atoms with Crippen LogP contribution in [0.1, 0.15) is 25.7 Å². The van der Waals surface area contributed by atoms with Crippen molar-refractivity contribution in [1.29, 1.82) is 0 Å². The van der Waals surface area contributed by atoms with Crippen molar-refractivity contribution < 1.29 is 14.6 Å². The van der Waals surface area contributed by atoms with E-state index in [0.717, 1.165) is 37.2 Å². The molecule has 1 aliphatic carbocycles. The number of fused-ring (bicyclic) bond motifs is 1. The first-order valence-electron chi connectivity index (χ1n) is 8.92. The van der Waals surface area contributed by atoms with Crippen molar-refractivity contribution >= 4 is 11.5 Å². The number of nitrogens with one attached hydrogen (secondary N) is 1. The number of aliphatic hydroxyl groups is 1. The van der Waals surface area contributed by atoms with Gasteiger partial charge in [-0.1, -0.05) is 0 Å². The molecule has 1 aliphatic rings. The van der Waals surface area contributed by atoms with Crippen LogP contribution in [-0.2, 0) is 0 Å². The second-order valence-electron chi connectivity index (χ2n) is 6.56. The number of aromatic nitrogens is 5. The third-order valence-electron chi connectivity index (χ3n) is 4.79. The Kier molecular flexibility index (Phi) is 4.76. The Labute approximate surface area is 156 Å². The molecule has 27 heavy (non-hydrogen) atoms. The van der Waals surface area contributed by atoms with Gasteiger partial charge in [-0.05, 0) is 37.8 Å². The molecule has 0 aromatic carbocycles. The molecule has 3 aromatic heterocycles. The van der Waals surface area contributed by atoms with Crippen molar-refractivity contribution in [1.82, 2.24) is 24.6 Å². The first kappa shape index (κ1) is 17.5. The SMILES string of the molecule is COc1ncc(-c2cnc3ccc(NC4CCC(O)CC4)nn23)c(OC)n1. The summed E-state index contributed by atoms with van der Waals surface area (Å²) in [5, 5.41) is 17.8. The zero-order valence-corrected chi connectivity index (χ0v) is 15.3. The zero-order valence-electron chi connectivity index (χ0n) is 15.3. The van der Waals surface area contributed by atoms with Gasteiger partial charge in [0.1, 0.15) is 5.82 Å². The molecular formula is C18H22N6O3. The highest BCUT2D eigenvalue weighted by atomic mass is 16.5. The molecule has 0 radical (unpaired) electrons. The lowest BCUT2D eigenvalue weighted by molar-refractivity contribution is 0.126. The monoisotopic (exact) mass is 370 g/mol. The maximum atomic E-state index is 9.67. The number of aliphatic hydroxyl groups excluding tert-OH is 1. The van der Waals surface area contributed by atoms with Crippen LogP contribution in [0.2, 0.25) is 0 Å². The molecule has 3 aromatic rings. The van der Waals surface area contributed by atoms with E-state index in [4.69, 9.17) is 9.47 Å². The number of anilines is 1. The Balaban J connectivity index is 1.66. The number of ether oxygens (including phenoxy) is 2. The van der Waals surface area contributed by atoms with Gasteiger partial charge in [0.15, 0.2) is 5.65 Å². The number of hydrogen-bond donors (Lipinski definition) is 2. The van der Waals surface area contributed by atoms with E-state index in [0.29, 0.717) is 23.1 Å². The fraction of sp³-hybridized carbons (Fsp3) is 0.444. The smallest absolute Gasteiger partial charge is 0.319 e. The van der Waals surface area contributed by atoms with E-state index < -0.39 is 0 Å². The lowest BCUT2D eigenvalue weighted by Crippen LogP contribution is -2.28. The number of nitrogens with zero attached hydrogens (tertiary/aromatic N) is 5. The minimum absolute atomic E-state index is 0.179. The van der Waals surface area contributed by atoms with Crippen molar-refractivity contribution in [3.63, 3.8) is 0 Å². The van der Waals surface area contributed by atoms with Crippen LogP contribution in [0.5, 0.6) is 11.9 Å². The molecule has 3 heterocycles. The Morgan fingerprint density at radius 1 is 1.07 bits per heavy atom. The molecule has 9 nitrogen and oxygen atoms in total. The summed E-state index contributed by atoms with van der Waals surface area (Å²) in [6.07, 6.45) is 6.67. The average molecular weight is 370 g/mol. The first-order chi connectivity index (χ1) is 13.2. The summed E-state index contributed by atoms with van der Waals surface area (Å²) in [6.45, 7) is 0. The summed E-state index contributed by atoms with van der Waals surface area (Å²) in [6, 6.07) is 4.37. The van der Waals surface area contributed by atoms with Crippen LogP contribution in [0.25, 0.3) is 16.9 Å². The van der Waals surface area contributed by atoms with Crippen molar-refractivity contribution in [3.05, 3.63) is 24.5 Å². The summed E-state index contributed by atoms with van der Waals surface area (Å²) in [4.78, 5) is 12.8. The summed E-state index contributed by atoms with van der Waals surface area (Å²) in [5.74, 6) is 1.15. The topological polar surface area (TPSA) is 107 Å². The number of rotatable bonds is 5. The third kappa shape index (κ3) is 3.50. The molecule has 4 rings (SSSR count). The molecule has 2 N–H and O–H groups in total. The van der Waals surface area contributed by atoms with E-state index in [-0.39, 0.29) is 12.1 Å². The van der Waals surface area contributed by atoms with E-state index >= 15 is 0 Å². The van der Waals surface area contributed by atoms with Crippen LogP contribution in [0.15, 0.2) is 24.5 Å². The lowest BCUT2D eigenvalue weighted by atomic mass is 9.93. The standard InChI is InChI=1S/C18H22N6O3/c1-26-17-13(9-20-18(22-17)27-2)14-10-19-16-8-7-15(23-24(14)16)21-11-3-5-12(25)6-4-11/h7-12,25H,3-6H2,1-2H3,(H,21,23). The van der Waals surface area contributed by atoms with Crippen LogP contribution in [0.3, 0.4) is 0 Å². The summed E-state index contributed by atoms with van der Waals surface area (Å²) < 4.78 is 12.2. The molecule has 0 aliphatic heterocycles. The minimum atomic E-state index is -0.179. The molecule has 0 spiro atoms.